The SMILES string of the molecule is O=C(OC(c1ccccc1)c1ccccn1)c1ccc(N2CCCC2)c([N+](=O)[O-])c1. The van der Waals surface area contributed by atoms with Crippen molar-refractivity contribution in [2.24, 2.45) is 0 Å². The lowest BCUT2D eigenvalue weighted by atomic mass is 10.1. The van der Waals surface area contributed by atoms with Crippen LogP contribution in [0.25, 0.3) is 0 Å². The fraction of sp³-hybridized carbons (Fsp3) is 0.217. The summed E-state index contributed by atoms with van der Waals surface area (Å²) in [6.45, 7) is 1.56. The third-order valence-electron chi connectivity index (χ3n) is 5.14. The van der Waals surface area contributed by atoms with E-state index < -0.39 is 17.0 Å². The van der Waals surface area contributed by atoms with E-state index in [0.717, 1.165) is 31.5 Å². The minimum absolute atomic E-state index is 0.0829. The van der Waals surface area contributed by atoms with E-state index in [4.69, 9.17) is 4.74 Å². The van der Waals surface area contributed by atoms with E-state index in [0.29, 0.717) is 11.4 Å². The molecule has 1 aromatic heterocycles. The number of anilines is 1. The summed E-state index contributed by atoms with van der Waals surface area (Å²) in [7, 11) is 0. The zero-order valence-corrected chi connectivity index (χ0v) is 16.3. The quantitative estimate of drug-likeness (QED) is 0.341. The van der Waals surface area contributed by atoms with Crippen molar-refractivity contribution in [3.8, 4) is 0 Å². The van der Waals surface area contributed by atoms with E-state index in [1.807, 2.05) is 41.3 Å². The van der Waals surface area contributed by atoms with Crippen molar-refractivity contribution in [2.45, 2.75) is 18.9 Å². The Labute approximate surface area is 174 Å². The molecule has 0 N–H and O–H groups in total. The molecule has 4 rings (SSSR count). The standard InChI is InChI=1S/C23H21N3O4/c27-23(18-11-12-20(21(16-18)26(28)29)25-14-6-7-15-25)30-22(17-8-2-1-3-9-17)19-10-4-5-13-24-19/h1-5,8-13,16,22H,6-7,14-15H2. The van der Waals surface area contributed by atoms with Gasteiger partial charge in [0, 0.05) is 25.4 Å². The minimum atomic E-state index is -0.711. The molecule has 30 heavy (non-hydrogen) atoms. The molecule has 0 saturated carbocycles. The largest absolute Gasteiger partial charge is 0.447 e. The molecule has 152 valence electrons. The van der Waals surface area contributed by atoms with Crippen LogP contribution in [0.1, 0.15) is 40.6 Å². The summed E-state index contributed by atoms with van der Waals surface area (Å²) in [5.74, 6) is -0.634. The summed E-state index contributed by atoms with van der Waals surface area (Å²) in [5, 5.41) is 11.6. The minimum Gasteiger partial charge on any atom is -0.447 e. The second kappa shape index (κ2) is 8.73. The van der Waals surface area contributed by atoms with E-state index in [2.05, 4.69) is 4.98 Å². The Morgan fingerprint density at radius 1 is 1.03 bits per heavy atom. The Morgan fingerprint density at radius 2 is 1.77 bits per heavy atom. The first-order valence-electron chi connectivity index (χ1n) is 9.84. The highest BCUT2D eigenvalue weighted by molar-refractivity contribution is 5.91. The average Bonchev–Trinajstić information content (AvgIpc) is 3.33. The van der Waals surface area contributed by atoms with E-state index in [1.54, 1.807) is 30.5 Å². The van der Waals surface area contributed by atoms with Crippen LogP contribution < -0.4 is 4.90 Å². The Morgan fingerprint density at radius 3 is 2.43 bits per heavy atom. The van der Waals surface area contributed by atoms with Crippen molar-refractivity contribution in [1.29, 1.82) is 0 Å². The van der Waals surface area contributed by atoms with Gasteiger partial charge >= 0.3 is 5.97 Å². The van der Waals surface area contributed by atoms with E-state index in [-0.39, 0.29) is 11.3 Å². The van der Waals surface area contributed by atoms with Crippen LogP contribution in [0.5, 0.6) is 0 Å². The highest BCUT2D eigenvalue weighted by Crippen LogP contribution is 2.33. The number of carbonyl (C=O) groups is 1. The monoisotopic (exact) mass is 403 g/mol. The molecule has 1 aliphatic rings. The summed E-state index contributed by atoms with van der Waals surface area (Å²) >= 11 is 0. The van der Waals surface area contributed by atoms with Crippen LogP contribution in [-0.4, -0.2) is 29.0 Å². The number of hydrogen-bond donors (Lipinski definition) is 0. The van der Waals surface area contributed by atoms with Gasteiger partial charge in [0.1, 0.15) is 5.69 Å². The van der Waals surface area contributed by atoms with Gasteiger partial charge in [-0.3, -0.25) is 15.1 Å². The lowest BCUT2D eigenvalue weighted by molar-refractivity contribution is -0.384. The summed E-state index contributed by atoms with van der Waals surface area (Å²) in [4.78, 5) is 30.4. The molecule has 7 heteroatoms. The third-order valence-corrected chi connectivity index (χ3v) is 5.14. The van der Waals surface area contributed by atoms with E-state index in [9.17, 15) is 14.9 Å². The average molecular weight is 403 g/mol. The summed E-state index contributed by atoms with van der Waals surface area (Å²) in [6, 6.07) is 19.2. The molecule has 1 unspecified atom stereocenters. The number of ether oxygens (including phenoxy) is 1. The summed E-state index contributed by atoms with van der Waals surface area (Å²) in [5.41, 5.74) is 1.95. The maximum Gasteiger partial charge on any atom is 0.339 e. The predicted molar refractivity (Wildman–Crippen MR) is 112 cm³/mol. The Balaban J connectivity index is 1.64. The highest BCUT2D eigenvalue weighted by Gasteiger charge is 2.26. The van der Waals surface area contributed by atoms with Gasteiger partial charge in [-0.2, -0.15) is 0 Å². The van der Waals surface area contributed by atoms with Gasteiger partial charge in [0.15, 0.2) is 6.10 Å². The first-order valence-corrected chi connectivity index (χ1v) is 9.84. The van der Waals surface area contributed by atoms with Crippen LogP contribution in [0.4, 0.5) is 11.4 Å². The smallest absolute Gasteiger partial charge is 0.339 e. The van der Waals surface area contributed by atoms with Crippen molar-refractivity contribution in [3.05, 3.63) is 99.9 Å². The van der Waals surface area contributed by atoms with Gasteiger partial charge in [-0.1, -0.05) is 36.4 Å². The molecule has 1 aliphatic heterocycles. The number of carbonyl (C=O) groups excluding carboxylic acids is 1. The van der Waals surface area contributed by atoms with Crippen LogP contribution in [-0.2, 0) is 4.74 Å². The van der Waals surface area contributed by atoms with Crippen LogP contribution in [0.3, 0.4) is 0 Å². The number of benzene rings is 2. The van der Waals surface area contributed by atoms with Gasteiger partial charge in [-0.25, -0.2) is 4.79 Å². The summed E-state index contributed by atoms with van der Waals surface area (Å²) in [6.07, 6.45) is 2.93. The Bertz CT molecular complexity index is 995. The van der Waals surface area contributed by atoms with Crippen molar-refractivity contribution < 1.29 is 14.5 Å². The van der Waals surface area contributed by atoms with Gasteiger partial charge in [-0.15, -0.1) is 0 Å². The molecule has 1 saturated heterocycles. The number of aromatic nitrogens is 1. The first-order chi connectivity index (χ1) is 14.6. The van der Waals surface area contributed by atoms with Crippen molar-refractivity contribution >= 4 is 17.3 Å². The molecule has 0 aliphatic carbocycles. The molecule has 1 atom stereocenters. The second-order valence-electron chi connectivity index (χ2n) is 7.11. The molecule has 0 radical (unpaired) electrons. The third kappa shape index (κ3) is 4.15. The van der Waals surface area contributed by atoms with Crippen LogP contribution in [0.15, 0.2) is 72.9 Å². The number of esters is 1. The molecule has 1 fully saturated rings. The maximum absolute atomic E-state index is 12.9. The van der Waals surface area contributed by atoms with Crippen LogP contribution in [0.2, 0.25) is 0 Å². The zero-order valence-electron chi connectivity index (χ0n) is 16.3. The molecule has 0 amide bonds. The molecule has 3 aromatic rings. The normalized spacial score (nSPS) is 14.3. The Kier molecular flexibility index (Phi) is 5.70. The van der Waals surface area contributed by atoms with Gasteiger partial charge in [-0.05, 0) is 42.7 Å². The van der Waals surface area contributed by atoms with Crippen LogP contribution in [0, 0.1) is 10.1 Å². The van der Waals surface area contributed by atoms with Gasteiger partial charge in [0.2, 0.25) is 0 Å². The number of pyridine rings is 1. The predicted octanol–water partition coefficient (Wildman–Crippen LogP) is 4.54. The van der Waals surface area contributed by atoms with Gasteiger partial charge < -0.3 is 9.64 Å². The van der Waals surface area contributed by atoms with Crippen LogP contribution >= 0.6 is 0 Å². The fourth-order valence-corrected chi connectivity index (χ4v) is 3.66. The number of nitro groups is 1. The highest BCUT2D eigenvalue weighted by atomic mass is 16.6. The lowest BCUT2D eigenvalue weighted by Gasteiger charge is -2.19. The fourth-order valence-electron chi connectivity index (χ4n) is 3.66. The topological polar surface area (TPSA) is 85.6 Å². The number of nitro benzene ring substituents is 1. The zero-order chi connectivity index (χ0) is 20.9. The Hall–Kier alpha value is -3.74. The molecular formula is C23H21N3O4. The van der Waals surface area contributed by atoms with Crippen molar-refractivity contribution in [3.63, 3.8) is 0 Å². The first kappa shape index (κ1) is 19.6. The summed E-state index contributed by atoms with van der Waals surface area (Å²) < 4.78 is 5.77. The van der Waals surface area contributed by atoms with Crippen molar-refractivity contribution in [2.75, 3.05) is 18.0 Å². The molecule has 0 bridgehead atoms. The molecule has 2 heterocycles. The second-order valence-corrected chi connectivity index (χ2v) is 7.11. The molecule has 0 spiro atoms. The molecular weight excluding hydrogens is 382 g/mol. The number of rotatable bonds is 6. The van der Waals surface area contributed by atoms with E-state index in [1.165, 1.54) is 6.07 Å². The van der Waals surface area contributed by atoms with Gasteiger partial charge in [0.05, 0.1) is 16.2 Å². The van der Waals surface area contributed by atoms with Crippen molar-refractivity contribution in [1.82, 2.24) is 4.98 Å². The maximum atomic E-state index is 12.9. The lowest BCUT2D eigenvalue weighted by Crippen LogP contribution is -2.19. The van der Waals surface area contributed by atoms with E-state index >= 15 is 0 Å². The number of hydrogen-bond acceptors (Lipinski definition) is 6. The van der Waals surface area contributed by atoms with Gasteiger partial charge in [0.25, 0.3) is 5.69 Å². The number of nitrogens with zero attached hydrogens (tertiary/aromatic N) is 3. The molecule has 2 aromatic carbocycles. The molecule has 7 nitrogen and oxygen atoms in total.